The smallest absolute Gasteiger partial charge is 0.121 e. The van der Waals surface area contributed by atoms with Gasteiger partial charge in [0, 0.05) is 25.6 Å². The molecule has 15 heavy (non-hydrogen) atoms. The number of hydrogen-bond donors (Lipinski definition) is 0. The Morgan fingerprint density at radius 1 is 1.40 bits per heavy atom. The molecular weight excluding hydrogens is 256 g/mol. The van der Waals surface area contributed by atoms with Crippen molar-refractivity contribution in [3.05, 3.63) is 10.8 Å². The molecule has 3 nitrogen and oxygen atoms in total. The molecule has 0 spiro atoms. The molecule has 0 N–H and O–H groups in total. The number of nitrogens with zero attached hydrogens (tertiary/aromatic N) is 2. The maximum absolute atomic E-state index is 5.38. The predicted molar refractivity (Wildman–Crippen MR) is 65.3 cm³/mol. The van der Waals surface area contributed by atoms with Gasteiger partial charge in [0.05, 0.1) is 12.6 Å². The summed E-state index contributed by atoms with van der Waals surface area (Å²) in [5.41, 5.74) is 0. The second-order valence-corrected chi connectivity index (χ2v) is 4.94. The molecule has 0 amide bonds. The summed E-state index contributed by atoms with van der Waals surface area (Å²) < 4.78 is 6.31. The van der Waals surface area contributed by atoms with E-state index >= 15 is 0 Å². The third kappa shape index (κ3) is 2.82. The van der Waals surface area contributed by atoms with Gasteiger partial charge in [-0.15, -0.1) is 0 Å². The summed E-state index contributed by atoms with van der Waals surface area (Å²) in [6.07, 6.45) is 9.36. The first-order chi connectivity index (χ1) is 7.29. The first kappa shape index (κ1) is 11.1. The van der Waals surface area contributed by atoms with Crippen LogP contribution in [0.5, 0.6) is 0 Å². The van der Waals surface area contributed by atoms with Gasteiger partial charge in [-0.05, 0) is 41.6 Å². The van der Waals surface area contributed by atoms with Gasteiger partial charge in [0.15, 0.2) is 0 Å². The van der Waals surface area contributed by atoms with Crippen LogP contribution in [0.15, 0.2) is 15.8 Å². The zero-order valence-electron chi connectivity index (χ0n) is 9.03. The summed E-state index contributed by atoms with van der Waals surface area (Å²) >= 11 is 3.42. The van der Waals surface area contributed by atoms with E-state index in [-0.39, 0.29) is 0 Å². The fourth-order valence-electron chi connectivity index (χ4n) is 2.31. The Kier molecular flexibility index (Phi) is 3.81. The first-order valence-electron chi connectivity index (χ1n) is 5.48. The zero-order valence-corrected chi connectivity index (χ0v) is 10.6. The minimum Gasteiger partial charge on any atom is -0.381 e. The standard InChI is InChI=1S/C11H17BrN2O/c1-15-10-4-2-9(3-5-10)14-7-6-13-11(12)8-14/h6,8-10H,2-5,7H2,1H3/t9-,10+. The molecule has 0 saturated heterocycles. The van der Waals surface area contributed by atoms with Gasteiger partial charge in [0.2, 0.25) is 0 Å². The Hall–Kier alpha value is -0.350. The molecule has 1 heterocycles. The second-order valence-electron chi connectivity index (χ2n) is 4.13. The van der Waals surface area contributed by atoms with Crippen molar-refractivity contribution in [1.29, 1.82) is 0 Å². The summed E-state index contributed by atoms with van der Waals surface area (Å²) in [7, 11) is 1.81. The molecule has 0 atom stereocenters. The highest BCUT2D eigenvalue weighted by molar-refractivity contribution is 9.11. The van der Waals surface area contributed by atoms with Gasteiger partial charge in [-0.2, -0.15) is 0 Å². The molecule has 4 heteroatoms. The lowest BCUT2D eigenvalue weighted by atomic mass is 9.92. The minimum atomic E-state index is 0.479. The number of hydrogen-bond acceptors (Lipinski definition) is 3. The maximum atomic E-state index is 5.38. The Bertz CT molecular complexity index is 270. The van der Waals surface area contributed by atoms with Crippen LogP contribution in [0.2, 0.25) is 0 Å². The third-order valence-corrected chi connectivity index (χ3v) is 3.64. The highest BCUT2D eigenvalue weighted by Gasteiger charge is 2.24. The van der Waals surface area contributed by atoms with Crippen LogP contribution in [0.4, 0.5) is 0 Å². The van der Waals surface area contributed by atoms with E-state index in [2.05, 4.69) is 32.0 Å². The molecule has 2 rings (SSSR count). The van der Waals surface area contributed by atoms with Crippen LogP contribution in [-0.4, -0.2) is 36.9 Å². The summed E-state index contributed by atoms with van der Waals surface area (Å²) in [5, 5.41) is 0. The molecule has 0 bridgehead atoms. The Balaban J connectivity index is 1.88. The fraction of sp³-hybridized carbons (Fsp3) is 0.727. The molecule has 0 radical (unpaired) electrons. The Morgan fingerprint density at radius 3 is 2.73 bits per heavy atom. The number of methoxy groups -OCH3 is 1. The van der Waals surface area contributed by atoms with Crippen LogP contribution in [-0.2, 0) is 4.74 Å². The Labute approximate surface area is 99.3 Å². The van der Waals surface area contributed by atoms with Gasteiger partial charge in [0.25, 0.3) is 0 Å². The van der Waals surface area contributed by atoms with Gasteiger partial charge in [-0.1, -0.05) is 0 Å². The van der Waals surface area contributed by atoms with Crippen molar-refractivity contribution >= 4 is 22.1 Å². The van der Waals surface area contributed by atoms with Crippen LogP contribution >= 0.6 is 15.9 Å². The number of aliphatic imine (C=N–C) groups is 1. The van der Waals surface area contributed by atoms with E-state index in [1.54, 1.807) is 0 Å². The fourth-order valence-corrected chi connectivity index (χ4v) is 2.72. The summed E-state index contributed by atoms with van der Waals surface area (Å²) in [6.45, 7) is 0.942. The van der Waals surface area contributed by atoms with Crippen molar-refractivity contribution in [3.63, 3.8) is 0 Å². The molecule has 1 saturated carbocycles. The lowest BCUT2D eigenvalue weighted by molar-refractivity contribution is 0.0500. The first-order valence-corrected chi connectivity index (χ1v) is 6.27. The highest BCUT2D eigenvalue weighted by atomic mass is 79.9. The number of rotatable bonds is 2. The summed E-state index contributed by atoms with van der Waals surface area (Å²) in [5.74, 6) is 0. The van der Waals surface area contributed by atoms with Gasteiger partial charge >= 0.3 is 0 Å². The second kappa shape index (κ2) is 5.12. The van der Waals surface area contributed by atoms with E-state index in [0.717, 1.165) is 11.2 Å². The molecule has 0 aromatic heterocycles. The van der Waals surface area contributed by atoms with Crippen LogP contribution in [0.25, 0.3) is 0 Å². The minimum absolute atomic E-state index is 0.479. The van der Waals surface area contributed by atoms with Crippen molar-refractivity contribution in [1.82, 2.24) is 4.90 Å². The van der Waals surface area contributed by atoms with Crippen molar-refractivity contribution in [3.8, 4) is 0 Å². The molecule has 84 valence electrons. The summed E-state index contributed by atoms with van der Waals surface area (Å²) in [4.78, 5) is 6.57. The van der Waals surface area contributed by atoms with Gasteiger partial charge in [0.1, 0.15) is 4.61 Å². The molecule has 0 aromatic carbocycles. The predicted octanol–water partition coefficient (Wildman–Crippen LogP) is 2.52. The average molecular weight is 273 g/mol. The molecule has 2 aliphatic rings. The van der Waals surface area contributed by atoms with Gasteiger partial charge < -0.3 is 9.64 Å². The van der Waals surface area contributed by atoms with Crippen molar-refractivity contribution in [2.75, 3.05) is 13.7 Å². The van der Waals surface area contributed by atoms with Crippen molar-refractivity contribution < 1.29 is 4.74 Å². The number of halogens is 1. The van der Waals surface area contributed by atoms with Gasteiger partial charge in [-0.25, -0.2) is 0 Å². The van der Waals surface area contributed by atoms with E-state index in [0.29, 0.717) is 12.1 Å². The molecule has 0 unspecified atom stereocenters. The van der Waals surface area contributed by atoms with Crippen molar-refractivity contribution in [2.24, 2.45) is 4.99 Å². The number of ether oxygens (including phenoxy) is 1. The van der Waals surface area contributed by atoms with Crippen LogP contribution in [0, 0.1) is 0 Å². The lowest BCUT2D eigenvalue weighted by Crippen LogP contribution is -2.38. The normalized spacial score (nSPS) is 31.6. The topological polar surface area (TPSA) is 24.8 Å². The molecule has 0 aromatic rings. The SMILES string of the molecule is CO[C@H]1CC[C@@H](N2C=C(Br)N=CC2)CC1. The van der Waals surface area contributed by atoms with E-state index in [1.807, 2.05) is 13.3 Å². The highest BCUT2D eigenvalue weighted by Crippen LogP contribution is 2.26. The largest absolute Gasteiger partial charge is 0.381 e. The van der Waals surface area contributed by atoms with Gasteiger partial charge in [-0.3, -0.25) is 4.99 Å². The maximum Gasteiger partial charge on any atom is 0.121 e. The summed E-state index contributed by atoms with van der Waals surface area (Å²) in [6, 6.07) is 0.663. The monoisotopic (exact) mass is 272 g/mol. The van der Waals surface area contributed by atoms with E-state index in [1.165, 1.54) is 25.7 Å². The molecule has 1 fully saturated rings. The van der Waals surface area contributed by atoms with E-state index in [9.17, 15) is 0 Å². The molecule has 1 aliphatic heterocycles. The van der Waals surface area contributed by atoms with Crippen LogP contribution < -0.4 is 0 Å². The zero-order chi connectivity index (χ0) is 10.7. The molecule has 1 aliphatic carbocycles. The average Bonchev–Trinajstić information content (AvgIpc) is 2.29. The molecular formula is C11H17BrN2O. The van der Waals surface area contributed by atoms with Crippen LogP contribution in [0.3, 0.4) is 0 Å². The van der Waals surface area contributed by atoms with Crippen molar-refractivity contribution in [2.45, 2.75) is 37.8 Å². The van der Waals surface area contributed by atoms with E-state index < -0.39 is 0 Å². The van der Waals surface area contributed by atoms with Crippen LogP contribution in [0.1, 0.15) is 25.7 Å². The quantitative estimate of drug-likeness (QED) is 0.722. The third-order valence-electron chi connectivity index (χ3n) is 3.23. The van der Waals surface area contributed by atoms with E-state index in [4.69, 9.17) is 4.74 Å². The Morgan fingerprint density at radius 2 is 2.13 bits per heavy atom. The lowest BCUT2D eigenvalue weighted by Gasteiger charge is -2.36.